The van der Waals surface area contributed by atoms with Crippen molar-refractivity contribution in [2.45, 2.75) is 51.2 Å². The number of carboxylic acid groups (broad SMARTS) is 1. The Morgan fingerprint density at radius 3 is 1.67 bits per heavy atom. The van der Waals surface area contributed by atoms with Gasteiger partial charge < -0.3 is 20.6 Å². The van der Waals surface area contributed by atoms with Crippen molar-refractivity contribution in [3.63, 3.8) is 0 Å². The Morgan fingerprint density at radius 2 is 1.25 bits per heavy atom. The van der Waals surface area contributed by atoms with E-state index in [1.165, 1.54) is 6.07 Å². The number of anilines is 6. The normalized spacial score (nSPS) is 17.8. The number of ketones is 1. The second kappa shape index (κ2) is 17.6. The van der Waals surface area contributed by atoms with Gasteiger partial charge in [-0.2, -0.15) is 0 Å². The fourth-order valence-corrected chi connectivity index (χ4v) is 6.87. The van der Waals surface area contributed by atoms with Gasteiger partial charge in [-0.25, -0.2) is 34.3 Å². The summed E-state index contributed by atoms with van der Waals surface area (Å²) in [6.07, 6.45) is 15.3. The lowest BCUT2D eigenvalue weighted by Gasteiger charge is -2.35. The Kier molecular flexibility index (Phi) is 12.3. The average Bonchev–Trinajstić information content (AvgIpc) is 3.84. The van der Waals surface area contributed by atoms with E-state index < -0.39 is 5.97 Å². The number of Topliss-reactive ketones (excluding diaryl/α,β-unsaturated/α-hetero) is 1. The van der Waals surface area contributed by atoms with E-state index in [0.29, 0.717) is 29.0 Å². The predicted molar refractivity (Wildman–Crippen MR) is 218 cm³/mol. The minimum absolute atomic E-state index is 0.0127. The molecule has 0 aromatic carbocycles. The average molecular weight is 770 g/mol. The molecule has 0 saturated carbocycles. The van der Waals surface area contributed by atoms with E-state index in [9.17, 15) is 24.3 Å². The first-order chi connectivity index (χ1) is 27.5. The molecular weight excluding hydrogens is 727 g/mol. The fraction of sp³-hybridized carbons (Fsp3) is 0.317. The summed E-state index contributed by atoms with van der Waals surface area (Å²) in [5, 5.41) is 14.8. The number of carbonyl (C=O) groups is 4. The van der Waals surface area contributed by atoms with Gasteiger partial charge in [0, 0.05) is 50.9 Å². The Morgan fingerprint density at radius 1 is 0.772 bits per heavy atom. The lowest BCUT2D eigenvalue weighted by atomic mass is 10.0. The van der Waals surface area contributed by atoms with E-state index in [1.807, 2.05) is 19.1 Å². The molecule has 16 heteroatoms. The highest BCUT2D eigenvalue weighted by atomic mass is 16.4. The topological polar surface area (TPSA) is 203 Å². The Labute approximate surface area is 330 Å². The van der Waals surface area contributed by atoms with Gasteiger partial charge >= 0.3 is 18.0 Å². The van der Waals surface area contributed by atoms with Gasteiger partial charge in [0.1, 0.15) is 17.3 Å². The molecule has 5 N–H and O–H groups in total. The number of hydrogen-bond donors (Lipinski definition) is 4. The molecule has 0 radical (unpaired) electrons. The number of terminal acetylenes is 2. The number of pyridine rings is 4. The molecular formula is C41H43N11O5. The van der Waals surface area contributed by atoms with Crippen LogP contribution in [0.1, 0.15) is 54.1 Å². The lowest BCUT2D eigenvalue weighted by Crippen LogP contribution is -2.48. The van der Waals surface area contributed by atoms with E-state index >= 15 is 0 Å². The van der Waals surface area contributed by atoms with Gasteiger partial charge in [0.15, 0.2) is 23.1 Å². The highest BCUT2D eigenvalue weighted by Crippen LogP contribution is 2.40. The third-order valence-corrected chi connectivity index (χ3v) is 9.69. The van der Waals surface area contributed by atoms with Crippen molar-refractivity contribution in [2.24, 2.45) is 11.7 Å². The minimum Gasteiger partial charge on any atom is -0.477 e. The summed E-state index contributed by atoms with van der Waals surface area (Å²) in [5.74, 6) is 5.30. The number of carbonyl (C=O) groups excluding carboxylic acids is 3. The quantitative estimate of drug-likeness (QED) is 0.156. The van der Waals surface area contributed by atoms with Crippen LogP contribution in [0.5, 0.6) is 0 Å². The molecule has 4 atom stereocenters. The number of aromatic carboxylic acids is 1. The molecule has 2 saturated heterocycles. The number of urea groups is 2. The van der Waals surface area contributed by atoms with Crippen molar-refractivity contribution in [3.05, 3.63) is 84.4 Å². The summed E-state index contributed by atoms with van der Waals surface area (Å²) in [5.41, 5.74) is 6.96. The number of amides is 4. The van der Waals surface area contributed by atoms with Crippen LogP contribution < -0.4 is 36.0 Å². The van der Waals surface area contributed by atoms with Gasteiger partial charge in [-0.3, -0.25) is 25.2 Å². The molecule has 0 unspecified atom stereocenters. The van der Waals surface area contributed by atoms with Crippen LogP contribution in [0.15, 0.2) is 73.1 Å². The van der Waals surface area contributed by atoms with Crippen molar-refractivity contribution >= 4 is 58.5 Å². The van der Waals surface area contributed by atoms with Crippen molar-refractivity contribution in [1.29, 1.82) is 0 Å². The summed E-state index contributed by atoms with van der Waals surface area (Å²) in [7, 11) is 0. The molecule has 4 bridgehead atoms. The molecule has 4 aliphatic rings. The number of nitrogens with zero attached hydrogens (tertiary/aromatic N) is 8. The van der Waals surface area contributed by atoms with Crippen LogP contribution in [0, 0.1) is 30.6 Å². The molecule has 8 rings (SSSR count). The summed E-state index contributed by atoms with van der Waals surface area (Å²) >= 11 is 0. The monoisotopic (exact) mass is 769 g/mol. The molecule has 2 fully saturated rings. The molecule has 4 aromatic rings. The Bertz CT molecular complexity index is 2210. The maximum Gasteiger partial charge on any atom is 0.354 e. The van der Waals surface area contributed by atoms with Crippen LogP contribution in [0.3, 0.4) is 0 Å². The van der Waals surface area contributed by atoms with E-state index in [-0.39, 0.29) is 54.0 Å². The number of nitrogens with two attached hydrogens (primary N) is 1. The standard InChI is InChI=1S/C21H21N5O2.C16H15N5O3.C4H7N/c1-3-14(2)12-18(27)16-7-8-17-20(23-16)26(15-9-11-25(17)13-15)21(28)24-19-6-4-5-10-22-19;22-15(23)11-4-5-12-14(18-11)21(10-6-8-20(12)9-10)16(24)19-13-3-1-2-7-17-13;1-3-4(2)5/h1,4-8,10,14-15H,9,11-13H2,2H3,(H,22,24,28);1-5,7,10H,6,8-9H2,(H,22,23)(H,17,19,24);1,4H,5H2,2H3/t14-,15+;10-;4-/m101/s1. The van der Waals surface area contributed by atoms with Crippen LogP contribution >= 0.6 is 0 Å². The first-order valence-electron chi connectivity index (χ1n) is 18.5. The summed E-state index contributed by atoms with van der Waals surface area (Å²) < 4.78 is 0. The zero-order chi connectivity index (χ0) is 40.6. The number of rotatable bonds is 6. The smallest absolute Gasteiger partial charge is 0.354 e. The molecule has 292 valence electrons. The van der Waals surface area contributed by atoms with Gasteiger partial charge in [0.25, 0.3) is 0 Å². The van der Waals surface area contributed by atoms with Crippen LogP contribution in [0.4, 0.5) is 44.2 Å². The highest BCUT2D eigenvalue weighted by molar-refractivity contribution is 6.06. The maximum atomic E-state index is 13.0. The van der Waals surface area contributed by atoms with Crippen molar-refractivity contribution in [2.75, 3.05) is 56.4 Å². The van der Waals surface area contributed by atoms with Crippen molar-refractivity contribution in [3.8, 4) is 24.7 Å². The van der Waals surface area contributed by atoms with E-state index in [1.54, 1.807) is 71.6 Å². The predicted octanol–water partition coefficient (Wildman–Crippen LogP) is 4.72. The molecule has 0 aliphatic carbocycles. The van der Waals surface area contributed by atoms with Gasteiger partial charge in [-0.1, -0.05) is 25.0 Å². The third kappa shape index (κ3) is 9.09. The zero-order valence-corrected chi connectivity index (χ0v) is 31.6. The van der Waals surface area contributed by atoms with Gasteiger partial charge in [0.2, 0.25) is 0 Å². The number of fused-ring (bicyclic) bond motifs is 8. The first-order valence-corrected chi connectivity index (χ1v) is 18.5. The minimum atomic E-state index is -1.11. The SMILES string of the molecule is C#C[C@@H](C)CC(=O)c1ccc2c(n1)N(C(=O)Nc1ccccn1)[C@H]1CCN2C1.C#C[C@@H](C)N.O=C(O)c1ccc2c(n1)N(C(=O)Nc1ccccn1)[C@H]1CCN2C1. The molecule has 8 heterocycles. The second-order valence-corrected chi connectivity index (χ2v) is 13.8. The maximum absolute atomic E-state index is 13.0. The molecule has 0 spiro atoms. The number of carboxylic acids is 1. The number of nitrogens with one attached hydrogen (secondary N) is 2. The van der Waals surface area contributed by atoms with Crippen molar-refractivity contribution < 1.29 is 24.3 Å². The number of aromatic nitrogens is 4. The van der Waals surface area contributed by atoms with Gasteiger partial charge in [0.05, 0.1) is 29.5 Å². The molecule has 57 heavy (non-hydrogen) atoms. The van der Waals surface area contributed by atoms with E-state index in [2.05, 4.69) is 52.2 Å². The highest BCUT2D eigenvalue weighted by Gasteiger charge is 2.42. The van der Waals surface area contributed by atoms with Crippen LogP contribution in [-0.4, -0.2) is 93.2 Å². The Balaban J connectivity index is 0.000000174. The zero-order valence-electron chi connectivity index (χ0n) is 31.6. The second-order valence-electron chi connectivity index (χ2n) is 13.8. The largest absolute Gasteiger partial charge is 0.477 e. The fourth-order valence-electron chi connectivity index (χ4n) is 6.87. The molecule has 16 nitrogen and oxygen atoms in total. The van der Waals surface area contributed by atoms with Gasteiger partial charge in [-0.05, 0) is 68.3 Å². The Hall–Kier alpha value is -7.04. The summed E-state index contributed by atoms with van der Waals surface area (Å²) in [6.45, 7) is 6.74. The van der Waals surface area contributed by atoms with Crippen LogP contribution in [0.2, 0.25) is 0 Å². The van der Waals surface area contributed by atoms with Crippen molar-refractivity contribution in [1.82, 2.24) is 19.9 Å². The van der Waals surface area contributed by atoms with Gasteiger partial charge in [-0.15, -0.1) is 18.8 Å². The van der Waals surface area contributed by atoms with E-state index in [0.717, 1.165) is 50.4 Å². The molecule has 4 aromatic heterocycles. The number of hydrogen-bond acceptors (Lipinski definition) is 11. The molecule has 4 aliphatic heterocycles. The summed E-state index contributed by atoms with van der Waals surface area (Å²) in [4.78, 5) is 74.1. The summed E-state index contributed by atoms with van der Waals surface area (Å²) in [6, 6.07) is 16.6. The van der Waals surface area contributed by atoms with Crippen LogP contribution in [-0.2, 0) is 0 Å². The van der Waals surface area contributed by atoms with Crippen LogP contribution in [0.25, 0.3) is 0 Å². The third-order valence-electron chi connectivity index (χ3n) is 9.69. The molecule has 4 amide bonds. The van der Waals surface area contributed by atoms with E-state index in [4.69, 9.17) is 18.6 Å². The first kappa shape index (κ1) is 39.6. The lowest BCUT2D eigenvalue weighted by molar-refractivity contribution is 0.0690.